The smallest absolute Gasteiger partial charge is 0.228 e. The Balaban J connectivity index is 2.28. The molecule has 0 aliphatic carbocycles. The zero-order valence-electron chi connectivity index (χ0n) is 10.2. The number of anilines is 2. The number of unbranched alkanes of at least 4 members (excludes halogenated alkanes) is 2. The fraction of sp³-hybridized carbons (Fsp3) is 0.700. The van der Waals surface area contributed by atoms with Gasteiger partial charge in [0.15, 0.2) is 0 Å². The fourth-order valence-corrected chi connectivity index (χ4v) is 1.45. The molecule has 96 valence electrons. The first kappa shape index (κ1) is 13.9. The van der Waals surface area contributed by atoms with Crippen LogP contribution in [0.3, 0.4) is 0 Å². The summed E-state index contributed by atoms with van der Waals surface area (Å²) in [4.78, 5) is 12.0. The van der Waals surface area contributed by atoms with E-state index in [2.05, 4.69) is 25.6 Å². The second-order valence-electron chi connectivity index (χ2n) is 3.48. The lowest BCUT2D eigenvalue weighted by atomic mass is 10.2. The standard InChI is InChI=1S/C10H18ClN5O/c1-12-9-14-8(11)15-10(16-9)13-6-4-3-5-7-17-2/h3-7H2,1-2H3,(H2,12,13,14,15,16). The quantitative estimate of drug-likeness (QED) is 0.694. The maximum absolute atomic E-state index is 5.75. The minimum atomic E-state index is 0.186. The molecule has 0 aromatic carbocycles. The van der Waals surface area contributed by atoms with Gasteiger partial charge in [-0.3, -0.25) is 0 Å². The number of halogens is 1. The first-order chi connectivity index (χ1) is 8.26. The molecule has 2 N–H and O–H groups in total. The van der Waals surface area contributed by atoms with Crippen LogP contribution < -0.4 is 10.6 Å². The van der Waals surface area contributed by atoms with E-state index in [9.17, 15) is 0 Å². The van der Waals surface area contributed by atoms with Crippen molar-refractivity contribution in [3.05, 3.63) is 5.28 Å². The van der Waals surface area contributed by atoms with Crippen molar-refractivity contribution in [2.24, 2.45) is 0 Å². The van der Waals surface area contributed by atoms with E-state index in [1.165, 1.54) is 0 Å². The number of rotatable bonds is 8. The Kier molecular flexibility index (Phi) is 6.57. The summed E-state index contributed by atoms with van der Waals surface area (Å²) in [5, 5.41) is 6.12. The molecule has 6 nitrogen and oxygen atoms in total. The highest BCUT2D eigenvalue weighted by Gasteiger charge is 2.02. The Morgan fingerprint density at radius 1 is 1.12 bits per heavy atom. The van der Waals surface area contributed by atoms with Crippen LogP contribution in [0.4, 0.5) is 11.9 Å². The van der Waals surface area contributed by atoms with Gasteiger partial charge in [-0.25, -0.2) is 0 Å². The molecule has 7 heteroatoms. The topological polar surface area (TPSA) is 72.0 Å². The average molecular weight is 260 g/mol. The molecular formula is C10H18ClN5O. The van der Waals surface area contributed by atoms with Crippen LogP contribution in [0.25, 0.3) is 0 Å². The molecule has 1 heterocycles. The van der Waals surface area contributed by atoms with Crippen molar-refractivity contribution in [1.82, 2.24) is 15.0 Å². The maximum atomic E-state index is 5.75. The van der Waals surface area contributed by atoms with Gasteiger partial charge in [0.05, 0.1) is 0 Å². The van der Waals surface area contributed by atoms with Crippen molar-refractivity contribution in [1.29, 1.82) is 0 Å². The summed E-state index contributed by atoms with van der Waals surface area (Å²) in [6, 6.07) is 0. The van der Waals surface area contributed by atoms with Gasteiger partial charge in [0.2, 0.25) is 17.2 Å². The largest absolute Gasteiger partial charge is 0.385 e. The second kappa shape index (κ2) is 8.03. The average Bonchev–Trinajstić information content (AvgIpc) is 2.33. The van der Waals surface area contributed by atoms with Crippen LogP contribution in [0, 0.1) is 0 Å². The molecule has 1 rings (SSSR count). The van der Waals surface area contributed by atoms with Crippen LogP contribution in [-0.4, -0.2) is 42.3 Å². The third-order valence-corrected chi connectivity index (χ3v) is 2.31. The molecule has 0 amide bonds. The van der Waals surface area contributed by atoms with E-state index in [4.69, 9.17) is 16.3 Å². The Hall–Kier alpha value is -1.14. The number of nitrogens with zero attached hydrogens (tertiary/aromatic N) is 3. The summed E-state index contributed by atoms with van der Waals surface area (Å²) >= 11 is 5.75. The number of hydrogen-bond acceptors (Lipinski definition) is 6. The van der Waals surface area contributed by atoms with Crippen LogP contribution in [-0.2, 0) is 4.74 Å². The van der Waals surface area contributed by atoms with E-state index in [0.717, 1.165) is 32.4 Å². The summed E-state index contributed by atoms with van der Waals surface area (Å²) in [6.45, 7) is 1.62. The van der Waals surface area contributed by atoms with E-state index in [1.807, 2.05) is 0 Å². The zero-order valence-corrected chi connectivity index (χ0v) is 10.9. The van der Waals surface area contributed by atoms with Crippen molar-refractivity contribution in [3.8, 4) is 0 Å². The van der Waals surface area contributed by atoms with Crippen LogP contribution in [0.2, 0.25) is 5.28 Å². The lowest BCUT2D eigenvalue weighted by molar-refractivity contribution is 0.192. The first-order valence-electron chi connectivity index (χ1n) is 5.58. The molecule has 1 aromatic rings. The molecule has 0 saturated heterocycles. The zero-order chi connectivity index (χ0) is 12.5. The van der Waals surface area contributed by atoms with Crippen molar-refractivity contribution < 1.29 is 4.74 Å². The minimum Gasteiger partial charge on any atom is -0.385 e. The van der Waals surface area contributed by atoms with Crippen LogP contribution in [0.5, 0.6) is 0 Å². The van der Waals surface area contributed by atoms with Gasteiger partial charge in [-0.05, 0) is 30.9 Å². The molecule has 0 aliphatic rings. The van der Waals surface area contributed by atoms with Crippen LogP contribution in [0.1, 0.15) is 19.3 Å². The highest BCUT2D eigenvalue weighted by atomic mass is 35.5. The van der Waals surface area contributed by atoms with Gasteiger partial charge in [-0.1, -0.05) is 0 Å². The third kappa shape index (κ3) is 5.65. The molecular weight excluding hydrogens is 242 g/mol. The molecule has 0 unspecified atom stereocenters. The number of ether oxygens (including phenoxy) is 1. The van der Waals surface area contributed by atoms with Gasteiger partial charge >= 0.3 is 0 Å². The molecule has 0 aliphatic heterocycles. The first-order valence-corrected chi connectivity index (χ1v) is 5.96. The SMILES string of the molecule is CNc1nc(Cl)nc(NCCCCCOC)n1. The summed E-state index contributed by atoms with van der Waals surface area (Å²) in [5.41, 5.74) is 0. The summed E-state index contributed by atoms with van der Waals surface area (Å²) in [7, 11) is 3.45. The van der Waals surface area contributed by atoms with Crippen molar-refractivity contribution in [2.45, 2.75) is 19.3 Å². The third-order valence-electron chi connectivity index (χ3n) is 2.14. The minimum absolute atomic E-state index is 0.186. The van der Waals surface area contributed by atoms with E-state index in [0.29, 0.717) is 11.9 Å². The van der Waals surface area contributed by atoms with Crippen molar-refractivity contribution in [3.63, 3.8) is 0 Å². The van der Waals surface area contributed by atoms with Crippen molar-refractivity contribution >= 4 is 23.5 Å². The molecule has 0 saturated carbocycles. The second-order valence-corrected chi connectivity index (χ2v) is 3.82. The number of methoxy groups -OCH3 is 1. The Bertz CT molecular complexity index is 336. The Morgan fingerprint density at radius 3 is 2.59 bits per heavy atom. The molecule has 17 heavy (non-hydrogen) atoms. The van der Waals surface area contributed by atoms with Gasteiger partial charge in [0.1, 0.15) is 0 Å². The lowest BCUT2D eigenvalue weighted by Crippen LogP contribution is -2.08. The molecule has 0 radical (unpaired) electrons. The van der Waals surface area contributed by atoms with Crippen molar-refractivity contribution in [2.75, 3.05) is 37.9 Å². The van der Waals surface area contributed by atoms with E-state index < -0.39 is 0 Å². The van der Waals surface area contributed by atoms with Gasteiger partial charge in [-0.15, -0.1) is 0 Å². The summed E-state index contributed by atoms with van der Waals surface area (Å²) in [5.74, 6) is 0.966. The van der Waals surface area contributed by atoms with E-state index >= 15 is 0 Å². The summed E-state index contributed by atoms with van der Waals surface area (Å²) in [6.07, 6.45) is 3.22. The predicted molar refractivity (Wildman–Crippen MR) is 68.6 cm³/mol. The predicted octanol–water partition coefficient (Wildman–Crippen LogP) is 1.80. The monoisotopic (exact) mass is 259 g/mol. The number of nitrogens with one attached hydrogen (secondary N) is 2. The summed E-state index contributed by atoms with van der Waals surface area (Å²) < 4.78 is 4.97. The Labute approximate surface area is 106 Å². The highest BCUT2D eigenvalue weighted by molar-refractivity contribution is 6.28. The molecule has 0 fully saturated rings. The van der Waals surface area contributed by atoms with Crippen LogP contribution in [0.15, 0.2) is 0 Å². The molecule has 1 aromatic heterocycles. The lowest BCUT2D eigenvalue weighted by Gasteiger charge is -2.06. The molecule has 0 atom stereocenters. The van der Waals surface area contributed by atoms with E-state index in [1.54, 1.807) is 14.2 Å². The fourth-order valence-electron chi connectivity index (χ4n) is 1.29. The van der Waals surface area contributed by atoms with Gasteiger partial charge in [0, 0.05) is 27.3 Å². The highest BCUT2D eigenvalue weighted by Crippen LogP contribution is 2.09. The molecule has 0 spiro atoms. The van der Waals surface area contributed by atoms with Gasteiger partial charge in [0.25, 0.3) is 0 Å². The molecule has 0 bridgehead atoms. The van der Waals surface area contributed by atoms with E-state index in [-0.39, 0.29) is 5.28 Å². The maximum Gasteiger partial charge on any atom is 0.228 e. The normalized spacial score (nSPS) is 10.3. The van der Waals surface area contributed by atoms with Gasteiger partial charge < -0.3 is 15.4 Å². The Morgan fingerprint density at radius 2 is 1.88 bits per heavy atom. The number of hydrogen-bond donors (Lipinski definition) is 2. The van der Waals surface area contributed by atoms with Gasteiger partial charge in [-0.2, -0.15) is 15.0 Å². The van der Waals surface area contributed by atoms with Crippen LogP contribution >= 0.6 is 11.6 Å². The number of aromatic nitrogens is 3.